The van der Waals surface area contributed by atoms with E-state index < -0.39 is 99.6 Å². The standard InChI is InChI=1S/C32H37N7O14/c40-24-16-51-29(45)12-35-26(42)18-53-32(48)23(37-27(43)19-52-30(46)13-34-25(41)17-50-28(44)11-33-24)9-20-1-3-21(4-2-20)14-39-15-22(10-36-39)31(47)38-5-7-49-8-6-38/h1-4,10,15,23H,5-9,11-14,16-19H2,(H,33,40)(H,34,41)(H,35,42)(H,37,43). The minimum absolute atomic E-state index is 0.121. The molecule has 2 saturated heterocycles. The predicted octanol–water partition coefficient (Wildman–Crippen LogP) is -4.03. The van der Waals surface area contributed by atoms with Crippen LogP contribution < -0.4 is 21.3 Å². The number of cyclic esters (lactones) is 4. The van der Waals surface area contributed by atoms with Crippen molar-refractivity contribution in [3.63, 3.8) is 0 Å². The van der Waals surface area contributed by atoms with Crippen molar-refractivity contribution >= 4 is 53.4 Å². The Morgan fingerprint density at radius 3 is 1.72 bits per heavy atom. The van der Waals surface area contributed by atoms with Crippen molar-refractivity contribution in [2.75, 3.05) is 72.4 Å². The van der Waals surface area contributed by atoms with Gasteiger partial charge in [0.05, 0.1) is 31.5 Å². The van der Waals surface area contributed by atoms with Crippen molar-refractivity contribution in [3.8, 4) is 0 Å². The van der Waals surface area contributed by atoms with Crippen molar-refractivity contribution in [3.05, 3.63) is 53.3 Å². The van der Waals surface area contributed by atoms with Gasteiger partial charge >= 0.3 is 23.9 Å². The van der Waals surface area contributed by atoms with Crippen LogP contribution in [0.25, 0.3) is 0 Å². The summed E-state index contributed by atoms with van der Waals surface area (Å²) in [5.74, 6) is -7.84. The van der Waals surface area contributed by atoms with Gasteiger partial charge in [-0.3, -0.25) is 43.0 Å². The molecular weight excluding hydrogens is 706 g/mol. The fourth-order valence-electron chi connectivity index (χ4n) is 4.64. The van der Waals surface area contributed by atoms with Gasteiger partial charge in [-0.05, 0) is 11.1 Å². The maximum absolute atomic E-state index is 13.0. The van der Waals surface area contributed by atoms with Crippen LogP contribution in [0.5, 0.6) is 0 Å². The van der Waals surface area contributed by atoms with Crippen molar-refractivity contribution < 1.29 is 66.8 Å². The molecule has 2 aliphatic rings. The highest BCUT2D eigenvalue weighted by Crippen LogP contribution is 2.12. The Morgan fingerprint density at radius 1 is 0.679 bits per heavy atom. The number of nitrogens with one attached hydrogen (secondary N) is 4. The molecule has 53 heavy (non-hydrogen) atoms. The highest BCUT2D eigenvalue weighted by molar-refractivity contribution is 5.94. The quantitative estimate of drug-likeness (QED) is 0.168. The van der Waals surface area contributed by atoms with E-state index in [9.17, 15) is 43.2 Å². The van der Waals surface area contributed by atoms with Crippen molar-refractivity contribution in [2.45, 2.75) is 19.0 Å². The summed E-state index contributed by atoms with van der Waals surface area (Å²) in [5, 5.41) is 13.0. The lowest BCUT2D eigenvalue weighted by Gasteiger charge is -2.26. The largest absolute Gasteiger partial charge is 0.454 e. The molecule has 21 heteroatoms. The molecular formula is C32H37N7O14. The van der Waals surface area contributed by atoms with E-state index in [1.165, 1.54) is 6.20 Å². The number of esters is 4. The third kappa shape index (κ3) is 13.7. The summed E-state index contributed by atoms with van der Waals surface area (Å²) in [7, 11) is 0. The Labute approximate surface area is 300 Å². The van der Waals surface area contributed by atoms with E-state index >= 15 is 0 Å². The molecule has 1 atom stereocenters. The number of hydrogen-bond acceptors (Lipinski definition) is 15. The summed E-state index contributed by atoms with van der Waals surface area (Å²) in [6, 6.07) is 5.50. The first-order valence-corrected chi connectivity index (χ1v) is 16.2. The number of benzene rings is 1. The molecule has 4 N–H and O–H groups in total. The average Bonchev–Trinajstić information content (AvgIpc) is 3.63. The van der Waals surface area contributed by atoms with Crippen molar-refractivity contribution in [1.29, 1.82) is 0 Å². The van der Waals surface area contributed by atoms with Gasteiger partial charge in [0.15, 0.2) is 26.4 Å². The molecule has 1 aromatic carbocycles. The molecule has 1 aromatic heterocycles. The minimum atomic E-state index is -1.37. The van der Waals surface area contributed by atoms with Gasteiger partial charge in [0.2, 0.25) is 0 Å². The molecule has 0 radical (unpaired) electrons. The molecule has 0 bridgehead atoms. The van der Waals surface area contributed by atoms with E-state index in [-0.39, 0.29) is 12.3 Å². The molecule has 4 rings (SSSR count). The maximum Gasteiger partial charge on any atom is 0.329 e. The van der Waals surface area contributed by atoms with Crippen LogP contribution in [0.4, 0.5) is 0 Å². The minimum Gasteiger partial charge on any atom is -0.454 e. The van der Waals surface area contributed by atoms with Crippen molar-refractivity contribution in [2.24, 2.45) is 0 Å². The van der Waals surface area contributed by atoms with Gasteiger partial charge in [-0.15, -0.1) is 0 Å². The van der Waals surface area contributed by atoms with Crippen LogP contribution >= 0.6 is 0 Å². The first kappa shape index (κ1) is 39.4. The second-order valence-corrected chi connectivity index (χ2v) is 11.4. The number of carbonyl (C=O) groups excluding carboxylic acids is 9. The van der Waals surface area contributed by atoms with E-state index in [1.807, 2.05) is 0 Å². The van der Waals surface area contributed by atoms with Gasteiger partial charge < -0.3 is 49.9 Å². The lowest BCUT2D eigenvalue weighted by molar-refractivity contribution is -0.154. The Morgan fingerprint density at radius 2 is 1.17 bits per heavy atom. The third-order valence-corrected chi connectivity index (χ3v) is 7.33. The van der Waals surface area contributed by atoms with Crippen molar-refractivity contribution in [1.82, 2.24) is 35.9 Å². The van der Waals surface area contributed by atoms with Crippen LogP contribution in [0.2, 0.25) is 0 Å². The summed E-state index contributed by atoms with van der Waals surface area (Å²) >= 11 is 0. The van der Waals surface area contributed by atoms with Gasteiger partial charge in [0.25, 0.3) is 29.5 Å². The molecule has 2 aromatic rings. The molecule has 1 unspecified atom stereocenters. The Balaban J connectivity index is 1.37. The Kier molecular flexibility index (Phi) is 14.8. The second-order valence-electron chi connectivity index (χ2n) is 11.4. The second kappa shape index (κ2) is 19.9. The summed E-state index contributed by atoms with van der Waals surface area (Å²) < 4.78 is 26.1. The zero-order valence-corrected chi connectivity index (χ0v) is 28.3. The zero-order valence-electron chi connectivity index (χ0n) is 28.3. The van der Waals surface area contributed by atoms with E-state index in [0.29, 0.717) is 44.0 Å². The topological polar surface area (TPSA) is 269 Å². The van der Waals surface area contributed by atoms with Crippen LogP contribution in [0.3, 0.4) is 0 Å². The molecule has 2 aliphatic heterocycles. The highest BCUT2D eigenvalue weighted by Gasteiger charge is 2.25. The van der Waals surface area contributed by atoms with Gasteiger partial charge in [-0.1, -0.05) is 24.3 Å². The maximum atomic E-state index is 13.0. The molecule has 5 amide bonds. The van der Waals surface area contributed by atoms with Crippen LogP contribution in [0, 0.1) is 0 Å². The summed E-state index contributed by atoms with van der Waals surface area (Å²) in [6.45, 7) is -3.09. The van der Waals surface area contributed by atoms with Crippen LogP contribution in [0.1, 0.15) is 21.5 Å². The third-order valence-electron chi connectivity index (χ3n) is 7.33. The number of amides is 5. The lowest BCUT2D eigenvalue weighted by Crippen LogP contribution is -2.46. The Bertz CT molecular complexity index is 1690. The SMILES string of the molecule is O=C1COC(=O)CNC(=O)COC(=O)C(Cc2ccc(Cn3cc(C(=O)N4CCOCC4)cn3)cc2)NC(=O)COC(=O)CNC(=O)COC(=O)CN1. The number of hydrogen-bond donors (Lipinski definition) is 4. The molecule has 284 valence electrons. The van der Waals surface area contributed by atoms with E-state index in [0.717, 1.165) is 5.56 Å². The number of rotatable bonds is 5. The molecule has 0 aliphatic carbocycles. The zero-order chi connectivity index (χ0) is 38.2. The molecule has 0 saturated carbocycles. The molecule has 21 nitrogen and oxygen atoms in total. The smallest absolute Gasteiger partial charge is 0.329 e. The van der Waals surface area contributed by atoms with Crippen LogP contribution in [-0.2, 0) is 75.0 Å². The average molecular weight is 744 g/mol. The first-order chi connectivity index (χ1) is 25.4. The predicted molar refractivity (Wildman–Crippen MR) is 173 cm³/mol. The molecule has 2 fully saturated rings. The first-order valence-electron chi connectivity index (χ1n) is 16.2. The van der Waals surface area contributed by atoms with Gasteiger partial charge in [0.1, 0.15) is 25.7 Å². The van der Waals surface area contributed by atoms with Crippen LogP contribution in [0.15, 0.2) is 36.7 Å². The number of carbonyl (C=O) groups is 9. The molecule has 0 spiro atoms. The fraction of sp³-hybridized carbons (Fsp3) is 0.438. The monoisotopic (exact) mass is 743 g/mol. The highest BCUT2D eigenvalue weighted by atomic mass is 16.6. The van der Waals surface area contributed by atoms with Gasteiger partial charge in [0, 0.05) is 25.7 Å². The fourth-order valence-corrected chi connectivity index (χ4v) is 4.64. The normalized spacial score (nSPS) is 19.5. The lowest BCUT2D eigenvalue weighted by atomic mass is 10.0. The molecule has 3 heterocycles. The number of ether oxygens (including phenoxy) is 5. The van der Waals surface area contributed by atoms with Crippen LogP contribution in [-0.4, -0.2) is 147 Å². The summed E-state index contributed by atoms with van der Waals surface area (Å²) in [5.41, 5.74) is 1.80. The summed E-state index contributed by atoms with van der Waals surface area (Å²) in [6.07, 6.45) is 3.01. The number of aromatic nitrogens is 2. The number of morpholine rings is 1. The van der Waals surface area contributed by atoms with E-state index in [1.54, 1.807) is 40.0 Å². The number of nitrogens with zero attached hydrogens (tertiary/aromatic N) is 3. The van der Waals surface area contributed by atoms with E-state index in [2.05, 4.69) is 35.8 Å². The summed E-state index contributed by atoms with van der Waals surface area (Å²) in [4.78, 5) is 112. The Hall–Kier alpha value is -6.38. The van der Waals surface area contributed by atoms with Gasteiger partial charge in [-0.25, -0.2) is 4.79 Å². The van der Waals surface area contributed by atoms with Gasteiger partial charge in [-0.2, -0.15) is 5.10 Å². The van der Waals surface area contributed by atoms with E-state index in [4.69, 9.17) is 14.2 Å².